The first-order valence-electron chi connectivity index (χ1n) is 9.48. The van der Waals surface area contributed by atoms with Gasteiger partial charge in [0.1, 0.15) is 11.4 Å². The molecule has 0 spiro atoms. The number of aromatic nitrogens is 3. The lowest BCUT2D eigenvalue weighted by atomic mass is 9.85. The van der Waals surface area contributed by atoms with Gasteiger partial charge in [-0.15, -0.1) is 0 Å². The lowest BCUT2D eigenvalue weighted by Gasteiger charge is -2.36. The fourth-order valence-corrected chi connectivity index (χ4v) is 3.54. The highest BCUT2D eigenvalue weighted by atomic mass is 19.4. The van der Waals surface area contributed by atoms with Crippen LogP contribution in [0.2, 0.25) is 0 Å². The average molecular weight is 417 g/mol. The molecule has 30 heavy (non-hydrogen) atoms. The predicted octanol–water partition coefficient (Wildman–Crippen LogP) is 5.34. The molecule has 0 N–H and O–H groups in total. The molecule has 0 atom stereocenters. The summed E-state index contributed by atoms with van der Waals surface area (Å²) in [6.45, 7) is 3.95. The van der Waals surface area contributed by atoms with Gasteiger partial charge in [-0.05, 0) is 37.1 Å². The number of alkyl halides is 3. The summed E-state index contributed by atoms with van der Waals surface area (Å²) in [7, 11) is 0. The monoisotopic (exact) mass is 417 g/mol. The van der Waals surface area contributed by atoms with E-state index in [1.807, 2.05) is 13.8 Å². The number of pyridine rings is 1. The summed E-state index contributed by atoms with van der Waals surface area (Å²) in [6, 6.07) is 5.71. The van der Waals surface area contributed by atoms with Crippen molar-refractivity contribution < 1.29 is 27.2 Å². The van der Waals surface area contributed by atoms with Crippen LogP contribution in [-0.4, -0.2) is 26.5 Å². The quantitative estimate of drug-likeness (QED) is 0.570. The van der Waals surface area contributed by atoms with Crippen molar-refractivity contribution in [1.29, 1.82) is 0 Å². The fraction of sp³-hybridized carbons (Fsp3) is 0.333. The number of Topliss-reactive ketones (excluding diaryl/α,β-unsaturated/α-hetero) is 1. The first kappa shape index (κ1) is 20.1. The predicted molar refractivity (Wildman–Crippen MR) is 101 cm³/mol. The van der Waals surface area contributed by atoms with E-state index in [0.29, 0.717) is 29.7 Å². The number of nitrogens with zero attached hydrogens (tertiary/aromatic N) is 3. The highest BCUT2D eigenvalue weighted by molar-refractivity contribution is 6.01. The third-order valence-corrected chi connectivity index (χ3v) is 5.42. The average Bonchev–Trinajstić information content (AvgIpc) is 3.23. The molecule has 0 radical (unpaired) electrons. The molecule has 1 aliphatic rings. The summed E-state index contributed by atoms with van der Waals surface area (Å²) in [4.78, 5) is 20.5. The summed E-state index contributed by atoms with van der Waals surface area (Å²) >= 11 is 0. The Balaban J connectivity index is 1.70. The van der Waals surface area contributed by atoms with Crippen LogP contribution in [0.5, 0.6) is 5.75 Å². The van der Waals surface area contributed by atoms with E-state index in [-0.39, 0.29) is 29.5 Å². The van der Waals surface area contributed by atoms with Gasteiger partial charge >= 0.3 is 6.18 Å². The van der Waals surface area contributed by atoms with E-state index in [4.69, 9.17) is 9.26 Å². The Hall–Kier alpha value is -3.23. The third kappa shape index (κ3) is 3.44. The summed E-state index contributed by atoms with van der Waals surface area (Å²) in [5.74, 6) is 0.181. The number of benzene rings is 1. The van der Waals surface area contributed by atoms with Crippen molar-refractivity contribution in [2.45, 2.75) is 44.9 Å². The molecule has 0 amide bonds. The summed E-state index contributed by atoms with van der Waals surface area (Å²) in [5, 5.41) is 3.68. The van der Waals surface area contributed by atoms with Crippen molar-refractivity contribution >= 4 is 5.78 Å². The number of carbonyl (C=O) groups excluding carboxylic acids is 1. The number of ether oxygens (including phenoxy) is 1. The van der Waals surface area contributed by atoms with Crippen LogP contribution in [0.1, 0.15) is 49.0 Å². The number of carbonyl (C=O) groups is 1. The molecule has 0 saturated carbocycles. The highest BCUT2D eigenvalue weighted by Crippen LogP contribution is 2.39. The van der Waals surface area contributed by atoms with Gasteiger partial charge in [-0.1, -0.05) is 19.0 Å². The molecule has 0 aliphatic carbocycles. The summed E-state index contributed by atoms with van der Waals surface area (Å²) < 4.78 is 51.0. The van der Waals surface area contributed by atoms with E-state index in [0.717, 1.165) is 18.5 Å². The molecule has 0 fully saturated rings. The van der Waals surface area contributed by atoms with Crippen LogP contribution in [-0.2, 0) is 6.18 Å². The Morgan fingerprint density at radius 3 is 2.60 bits per heavy atom. The second-order valence-electron chi connectivity index (χ2n) is 7.15. The third-order valence-electron chi connectivity index (χ3n) is 5.42. The van der Waals surface area contributed by atoms with Crippen LogP contribution in [0, 0.1) is 0 Å². The number of ketones is 1. The van der Waals surface area contributed by atoms with Crippen molar-refractivity contribution in [1.82, 2.24) is 15.1 Å². The molecule has 6 nitrogen and oxygen atoms in total. The molecule has 0 bridgehead atoms. The van der Waals surface area contributed by atoms with E-state index in [9.17, 15) is 18.0 Å². The molecule has 0 unspecified atom stereocenters. The molecule has 1 aliphatic heterocycles. The second-order valence-corrected chi connectivity index (χ2v) is 7.15. The maximum absolute atomic E-state index is 13.3. The van der Waals surface area contributed by atoms with E-state index in [1.54, 1.807) is 18.2 Å². The topological polar surface area (TPSA) is 78.1 Å². The van der Waals surface area contributed by atoms with Crippen LogP contribution in [0.4, 0.5) is 13.2 Å². The zero-order valence-corrected chi connectivity index (χ0v) is 16.3. The Kier molecular flexibility index (Phi) is 4.83. The van der Waals surface area contributed by atoms with Gasteiger partial charge < -0.3 is 9.26 Å². The van der Waals surface area contributed by atoms with Crippen LogP contribution in [0.3, 0.4) is 0 Å². The lowest BCUT2D eigenvalue weighted by Crippen LogP contribution is -2.40. The summed E-state index contributed by atoms with van der Waals surface area (Å²) in [5.41, 5.74) is -0.899. The molecule has 4 rings (SSSR count). The van der Waals surface area contributed by atoms with Gasteiger partial charge in [0.15, 0.2) is 5.78 Å². The van der Waals surface area contributed by atoms with E-state index in [1.165, 1.54) is 0 Å². The van der Waals surface area contributed by atoms with Gasteiger partial charge in [0.2, 0.25) is 5.82 Å². The first-order chi connectivity index (χ1) is 14.3. The number of fused-ring (bicyclic) bond motifs is 1. The fourth-order valence-electron chi connectivity index (χ4n) is 3.54. The van der Waals surface area contributed by atoms with Gasteiger partial charge in [0.25, 0.3) is 5.89 Å². The Bertz CT molecular complexity index is 1100. The number of rotatable bonds is 4. The van der Waals surface area contributed by atoms with Crippen molar-refractivity contribution in [3.63, 3.8) is 0 Å². The molecule has 9 heteroatoms. The van der Waals surface area contributed by atoms with Gasteiger partial charge in [-0.25, -0.2) is 0 Å². The first-order valence-corrected chi connectivity index (χ1v) is 9.48. The van der Waals surface area contributed by atoms with Crippen molar-refractivity contribution in [3.8, 4) is 28.6 Å². The van der Waals surface area contributed by atoms with Gasteiger partial charge in [-0.3, -0.25) is 9.78 Å². The maximum Gasteiger partial charge on any atom is 0.417 e. The SMILES string of the molecule is CCC1(CC)CC(=O)c2cc(-c3nc(-c4cnccc4C(F)(F)F)no3)ccc2O1. The molecule has 0 saturated heterocycles. The molecule has 3 heterocycles. The minimum absolute atomic E-state index is 0.000368. The number of halogens is 3. The van der Waals surface area contributed by atoms with Crippen LogP contribution < -0.4 is 4.74 Å². The number of hydrogen-bond donors (Lipinski definition) is 0. The Morgan fingerprint density at radius 1 is 1.13 bits per heavy atom. The maximum atomic E-state index is 13.3. The van der Waals surface area contributed by atoms with Crippen molar-refractivity contribution in [3.05, 3.63) is 47.8 Å². The normalized spacial score (nSPS) is 15.6. The number of hydrogen-bond acceptors (Lipinski definition) is 6. The van der Waals surface area contributed by atoms with Crippen molar-refractivity contribution in [2.75, 3.05) is 0 Å². The largest absolute Gasteiger partial charge is 0.486 e. The molecule has 1 aromatic carbocycles. The van der Waals surface area contributed by atoms with E-state index in [2.05, 4.69) is 15.1 Å². The van der Waals surface area contributed by atoms with Crippen LogP contribution in [0.15, 0.2) is 41.2 Å². The Labute approximate surface area is 170 Å². The lowest BCUT2D eigenvalue weighted by molar-refractivity contribution is -0.137. The molecule has 2 aromatic heterocycles. The molecule has 3 aromatic rings. The zero-order valence-electron chi connectivity index (χ0n) is 16.3. The van der Waals surface area contributed by atoms with Gasteiger partial charge in [-0.2, -0.15) is 18.2 Å². The van der Waals surface area contributed by atoms with E-state index >= 15 is 0 Å². The second kappa shape index (κ2) is 7.23. The molecular weight excluding hydrogens is 399 g/mol. The van der Waals surface area contributed by atoms with Gasteiger partial charge in [0.05, 0.1) is 23.1 Å². The van der Waals surface area contributed by atoms with Gasteiger partial charge in [0, 0.05) is 18.0 Å². The van der Waals surface area contributed by atoms with Crippen molar-refractivity contribution in [2.24, 2.45) is 0 Å². The smallest absolute Gasteiger partial charge is 0.417 e. The standard InChI is InChI=1S/C21H18F3N3O3/c1-3-20(4-2)10-16(28)13-9-12(5-6-17(13)29-20)19-26-18(27-30-19)14-11-25-8-7-15(14)21(22,23)24/h5-9,11H,3-4,10H2,1-2H3. The highest BCUT2D eigenvalue weighted by Gasteiger charge is 2.38. The minimum Gasteiger partial charge on any atom is -0.486 e. The zero-order chi connectivity index (χ0) is 21.5. The molecular formula is C21H18F3N3O3. The van der Waals surface area contributed by atoms with Crippen LogP contribution in [0.25, 0.3) is 22.8 Å². The Morgan fingerprint density at radius 2 is 1.90 bits per heavy atom. The van der Waals surface area contributed by atoms with E-state index < -0.39 is 17.3 Å². The van der Waals surface area contributed by atoms with Crippen LogP contribution >= 0.6 is 0 Å². The summed E-state index contributed by atoms with van der Waals surface area (Å²) in [6.07, 6.45) is -0.826. The molecule has 156 valence electrons. The minimum atomic E-state index is -4.58.